The maximum absolute atomic E-state index is 12.2. The highest BCUT2D eigenvalue weighted by Crippen LogP contribution is 2.26. The number of nitrogens with one attached hydrogen (secondary N) is 1. The van der Waals surface area contributed by atoms with Gasteiger partial charge in [0.25, 0.3) is 5.91 Å². The number of amides is 1. The lowest BCUT2D eigenvalue weighted by Gasteiger charge is -2.14. The maximum atomic E-state index is 12.2. The number of carbonyl (C=O) groups is 2. The lowest BCUT2D eigenvalue weighted by Crippen LogP contribution is -2.33. The molecule has 2 atom stereocenters. The second kappa shape index (κ2) is 5.74. The Bertz CT molecular complexity index is 515. The zero-order valence-electron chi connectivity index (χ0n) is 10.6. The van der Waals surface area contributed by atoms with Crippen LogP contribution in [0.4, 0.5) is 0 Å². The molecule has 1 amide bonds. The molecule has 4 nitrogen and oxygen atoms in total. The first-order valence-electron chi connectivity index (χ1n) is 6.27. The molecule has 19 heavy (non-hydrogen) atoms. The molecule has 0 heterocycles. The van der Waals surface area contributed by atoms with Gasteiger partial charge in [-0.3, -0.25) is 9.59 Å². The first-order chi connectivity index (χ1) is 8.97. The molecule has 102 valence electrons. The normalized spacial score (nSPS) is 22.2. The molecule has 1 aliphatic rings. The Kier molecular flexibility index (Phi) is 4.24. The first-order valence-corrected chi connectivity index (χ1v) is 7.06. The number of carboxylic acids is 1. The van der Waals surface area contributed by atoms with E-state index in [1.807, 2.05) is 19.1 Å². The van der Waals surface area contributed by atoms with Crippen molar-refractivity contribution >= 4 is 27.8 Å². The second-order valence-corrected chi connectivity index (χ2v) is 5.89. The molecule has 0 aromatic heterocycles. The van der Waals surface area contributed by atoms with Gasteiger partial charge in [-0.2, -0.15) is 0 Å². The fourth-order valence-corrected chi connectivity index (χ4v) is 2.80. The van der Waals surface area contributed by atoms with Gasteiger partial charge in [-0.1, -0.05) is 22.0 Å². The van der Waals surface area contributed by atoms with Crippen molar-refractivity contribution in [2.45, 2.75) is 32.2 Å². The van der Waals surface area contributed by atoms with Crippen LogP contribution in [-0.4, -0.2) is 23.0 Å². The summed E-state index contributed by atoms with van der Waals surface area (Å²) in [4.78, 5) is 23.1. The standard InChI is InChI=1S/C14H16BrNO3/c1-8-2-4-10(15)7-12(8)13(17)16-11-5-3-9(6-11)14(18)19/h2,4,7,9,11H,3,5-6H2,1H3,(H,16,17)(H,18,19)/t9-,11+/m0/s1. The SMILES string of the molecule is Cc1ccc(Br)cc1C(=O)N[C@@H]1CC[C@H](C(=O)O)C1. The van der Waals surface area contributed by atoms with Crippen molar-refractivity contribution in [3.05, 3.63) is 33.8 Å². The quantitative estimate of drug-likeness (QED) is 0.897. The highest BCUT2D eigenvalue weighted by Gasteiger charge is 2.30. The topological polar surface area (TPSA) is 66.4 Å². The van der Waals surface area contributed by atoms with Crippen LogP contribution in [0.3, 0.4) is 0 Å². The Morgan fingerprint density at radius 2 is 2.11 bits per heavy atom. The largest absolute Gasteiger partial charge is 0.481 e. The Balaban J connectivity index is 2.02. The molecule has 1 fully saturated rings. The van der Waals surface area contributed by atoms with Crippen molar-refractivity contribution < 1.29 is 14.7 Å². The van der Waals surface area contributed by atoms with Crippen LogP contribution < -0.4 is 5.32 Å². The Morgan fingerprint density at radius 1 is 1.37 bits per heavy atom. The van der Waals surface area contributed by atoms with Crippen molar-refractivity contribution in [1.82, 2.24) is 5.32 Å². The number of benzene rings is 1. The highest BCUT2D eigenvalue weighted by molar-refractivity contribution is 9.10. The van der Waals surface area contributed by atoms with Crippen LogP contribution >= 0.6 is 15.9 Å². The molecule has 0 unspecified atom stereocenters. The summed E-state index contributed by atoms with van der Waals surface area (Å²) in [5.41, 5.74) is 1.54. The Labute approximate surface area is 120 Å². The van der Waals surface area contributed by atoms with E-state index in [9.17, 15) is 9.59 Å². The van der Waals surface area contributed by atoms with E-state index in [1.165, 1.54) is 0 Å². The number of aliphatic carboxylic acids is 1. The zero-order valence-corrected chi connectivity index (χ0v) is 12.2. The molecule has 5 heteroatoms. The summed E-state index contributed by atoms with van der Waals surface area (Å²) >= 11 is 3.35. The monoisotopic (exact) mass is 325 g/mol. The van der Waals surface area contributed by atoms with Gasteiger partial charge in [0.2, 0.25) is 0 Å². The van der Waals surface area contributed by atoms with Gasteiger partial charge in [-0.25, -0.2) is 0 Å². The third-order valence-corrected chi connectivity index (χ3v) is 4.05. The first kappa shape index (κ1) is 14.1. The van der Waals surface area contributed by atoms with Crippen LogP contribution in [0.15, 0.2) is 22.7 Å². The smallest absolute Gasteiger partial charge is 0.306 e. The molecule has 0 saturated heterocycles. The fraction of sp³-hybridized carbons (Fsp3) is 0.429. The highest BCUT2D eigenvalue weighted by atomic mass is 79.9. The minimum atomic E-state index is -0.768. The number of hydrogen-bond donors (Lipinski definition) is 2. The average Bonchev–Trinajstić information content (AvgIpc) is 2.80. The predicted molar refractivity (Wildman–Crippen MR) is 75.1 cm³/mol. The Hall–Kier alpha value is -1.36. The van der Waals surface area contributed by atoms with E-state index in [0.717, 1.165) is 16.5 Å². The molecule has 2 rings (SSSR count). The van der Waals surface area contributed by atoms with Gasteiger partial charge in [0.15, 0.2) is 0 Å². The van der Waals surface area contributed by atoms with E-state index in [2.05, 4.69) is 21.2 Å². The lowest BCUT2D eigenvalue weighted by molar-refractivity contribution is -0.141. The van der Waals surface area contributed by atoms with E-state index in [4.69, 9.17) is 5.11 Å². The van der Waals surface area contributed by atoms with Gasteiger partial charge in [-0.05, 0) is 43.9 Å². The third-order valence-electron chi connectivity index (χ3n) is 3.56. The van der Waals surface area contributed by atoms with Crippen LogP contribution in [0.5, 0.6) is 0 Å². The fourth-order valence-electron chi connectivity index (χ4n) is 2.44. The maximum Gasteiger partial charge on any atom is 0.306 e. The van der Waals surface area contributed by atoms with Crippen molar-refractivity contribution in [2.75, 3.05) is 0 Å². The summed E-state index contributed by atoms with van der Waals surface area (Å²) in [6.07, 6.45) is 1.89. The second-order valence-electron chi connectivity index (χ2n) is 4.98. The van der Waals surface area contributed by atoms with Gasteiger partial charge in [0.05, 0.1) is 5.92 Å². The number of rotatable bonds is 3. The van der Waals surface area contributed by atoms with E-state index < -0.39 is 5.97 Å². The van der Waals surface area contributed by atoms with Gasteiger partial charge >= 0.3 is 5.97 Å². The summed E-state index contributed by atoms with van der Waals surface area (Å²) in [6, 6.07) is 5.52. The van der Waals surface area contributed by atoms with Crippen molar-refractivity contribution in [2.24, 2.45) is 5.92 Å². The number of carbonyl (C=O) groups excluding carboxylic acids is 1. The van der Waals surface area contributed by atoms with E-state index in [-0.39, 0.29) is 17.9 Å². The average molecular weight is 326 g/mol. The van der Waals surface area contributed by atoms with Gasteiger partial charge in [0, 0.05) is 16.1 Å². The molecule has 1 aliphatic carbocycles. The summed E-state index contributed by atoms with van der Waals surface area (Å²) in [5, 5.41) is 11.9. The molecule has 1 saturated carbocycles. The van der Waals surface area contributed by atoms with Crippen molar-refractivity contribution in [3.63, 3.8) is 0 Å². The van der Waals surface area contributed by atoms with E-state index in [1.54, 1.807) is 6.07 Å². The number of hydrogen-bond acceptors (Lipinski definition) is 2. The van der Waals surface area contributed by atoms with Gasteiger partial charge in [-0.15, -0.1) is 0 Å². The molecular weight excluding hydrogens is 310 g/mol. The number of halogens is 1. The minimum Gasteiger partial charge on any atom is -0.481 e. The summed E-state index contributed by atoms with van der Waals surface area (Å²) in [7, 11) is 0. The van der Waals surface area contributed by atoms with Crippen LogP contribution in [0.2, 0.25) is 0 Å². The zero-order chi connectivity index (χ0) is 14.0. The van der Waals surface area contributed by atoms with Crippen LogP contribution in [0.1, 0.15) is 35.2 Å². The number of carboxylic acid groups (broad SMARTS) is 1. The molecule has 0 bridgehead atoms. The molecule has 0 spiro atoms. The third kappa shape index (κ3) is 3.35. The van der Waals surface area contributed by atoms with Crippen molar-refractivity contribution in [1.29, 1.82) is 0 Å². The van der Waals surface area contributed by atoms with Crippen LogP contribution in [0, 0.1) is 12.8 Å². The molecule has 2 N–H and O–H groups in total. The molecule has 1 aromatic rings. The molecule has 0 aliphatic heterocycles. The number of aryl methyl sites for hydroxylation is 1. The Morgan fingerprint density at radius 3 is 2.74 bits per heavy atom. The van der Waals surface area contributed by atoms with Gasteiger partial charge in [0.1, 0.15) is 0 Å². The van der Waals surface area contributed by atoms with Crippen LogP contribution in [-0.2, 0) is 4.79 Å². The minimum absolute atomic E-state index is 0.0352. The predicted octanol–water partition coefficient (Wildman–Crippen LogP) is 2.74. The molecule has 0 radical (unpaired) electrons. The molecular formula is C14H16BrNO3. The summed E-state index contributed by atoms with van der Waals surface area (Å²) in [6.45, 7) is 1.88. The van der Waals surface area contributed by atoms with E-state index in [0.29, 0.717) is 18.4 Å². The summed E-state index contributed by atoms with van der Waals surface area (Å²) < 4.78 is 0.859. The summed E-state index contributed by atoms with van der Waals surface area (Å²) in [5.74, 6) is -1.22. The van der Waals surface area contributed by atoms with E-state index >= 15 is 0 Å². The lowest BCUT2D eigenvalue weighted by atomic mass is 10.1. The molecule has 1 aromatic carbocycles. The van der Waals surface area contributed by atoms with Crippen molar-refractivity contribution in [3.8, 4) is 0 Å². The van der Waals surface area contributed by atoms with Crippen LogP contribution in [0.25, 0.3) is 0 Å². The van der Waals surface area contributed by atoms with Gasteiger partial charge < -0.3 is 10.4 Å².